The first-order chi connectivity index (χ1) is 10.0. The second-order valence-corrected chi connectivity index (χ2v) is 7.45. The quantitative estimate of drug-likeness (QED) is 0.916. The van der Waals surface area contributed by atoms with Gasteiger partial charge in [-0.15, -0.1) is 0 Å². The van der Waals surface area contributed by atoms with Crippen molar-refractivity contribution in [1.82, 2.24) is 4.90 Å². The molecule has 3 heteroatoms. The van der Waals surface area contributed by atoms with Crippen molar-refractivity contribution >= 4 is 5.69 Å². The fraction of sp³-hybridized carbons (Fsp3) is 0.667. The maximum absolute atomic E-state index is 6.13. The Bertz CT molecular complexity index is 476. The van der Waals surface area contributed by atoms with E-state index in [4.69, 9.17) is 4.74 Å². The van der Waals surface area contributed by atoms with Crippen molar-refractivity contribution in [1.29, 1.82) is 0 Å². The molecule has 3 nitrogen and oxygen atoms in total. The Kier molecular flexibility index (Phi) is 4.12. The number of para-hydroxylation sites is 2. The standard InChI is InChI=1S/C18H28N2O/c1-18(2)10-8-14(9-11-18)20(3)13-15-12-19-16-6-4-5-7-17(16)21-15/h4-7,14-15,19H,8-13H2,1-3H3. The number of hydrogen-bond donors (Lipinski definition) is 1. The molecule has 3 rings (SSSR count). The fourth-order valence-electron chi connectivity index (χ4n) is 3.56. The van der Waals surface area contributed by atoms with Crippen LogP contribution >= 0.6 is 0 Å². The maximum atomic E-state index is 6.13. The summed E-state index contributed by atoms with van der Waals surface area (Å²) < 4.78 is 6.13. The van der Waals surface area contributed by atoms with Gasteiger partial charge in [-0.25, -0.2) is 0 Å². The number of benzene rings is 1. The largest absolute Gasteiger partial charge is 0.485 e. The lowest BCUT2D eigenvalue weighted by atomic mass is 9.75. The smallest absolute Gasteiger partial charge is 0.142 e. The van der Waals surface area contributed by atoms with Crippen LogP contribution in [0.3, 0.4) is 0 Å². The van der Waals surface area contributed by atoms with Gasteiger partial charge in [0.2, 0.25) is 0 Å². The molecule has 21 heavy (non-hydrogen) atoms. The first-order valence-corrected chi connectivity index (χ1v) is 8.23. The Balaban J connectivity index is 1.53. The topological polar surface area (TPSA) is 24.5 Å². The third-order valence-electron chi connectivity index (χ3n) is 5.12. The van der Waals surface area contributed by atoms with E-state index >= 15 is 0 Å². The normalized spacial score (nSPS) is 25.0. The molecule has 1 aliphatic carbocycles. The van der Waals surface area contributed by atoms with E-state index in [-0.39, 0.29) is 6.10 Å². The van der Waals surface area contributed by atoms with Gasteiger partial charge < -0.3 is 10.1 Å². The Morgan fingerprint density at radius 2 is 1.95 bits per heavy atom. The van der Waals surface area contributed by atoms with Gasteiger partial charge in [-0.1, -0.05) is 26.0 Å². The lowest BCUT2D eigenvalue weighted by Gasteiger charge is -2.40. The van der Waals surface area contributed by atoms with Crippen LogP contribution in [-0.4, -0.2) is 37.2 Å². The Morgan fingerprint density at radius 3 is 2.71 bits per heavy atom. The third kappa shape index (κ3) is 3.52. The highest BCUT2D eigenvalue weighted by Crippen LogP contribution is 2.37. The molecule has 0 radical (unpaired) electrons. The van der Waals surface area contributed by atoms with Crippen molar-refractivity contribution in [3.05, 3.63) is 24.3 Å². The SMILES string of the molecule is CN(CC1CNc2ccccc2O1)C1CCC(C)(C)CC1. The highest BCUT2D eigenvalue weighted by Gasteiger charge is 2.30. The Labute approximate surface area is 128 Å². The average Bonchev–Trinajstić information content (AvgIpc) is 2.47. The maximum Gasteiger partial charge on any atom is 0.142 e. The number of anilines is 1. The van der Waals surface area contributed by atoms with Gasteiger partial charge in [0.05, 0.1) is 12.2 Å². The third-order valence-corrected chi connectivity index (χ3v) is 5.12. The summed E-state index contributed by atoms with van der Waals surface area (Å²) in [4.78, 5) is 2.51. The first-order valence-electron chi connectivity index (χ1n) is 8.23. The average molecular weight is 288 g/mol. The second kappa shape index (κ2) is 5.88. The molecule has 1 fully saturated rings. The molecule has 0 saturated heterocycles. The fourth-order valence-corrected chi connectivity index (χ4v) is 3.56. The number of nitrogens with zero attached hydrogens (tertiary/aromatic N) is 1. The van der Waals surface area contributed by atoms with Crippen molar-refractivity contribution in [3.8, 4) is 5.75 Å². The Hall–Kier alpha value is -1.22. The zero-order chi connectivity index (χ0) is 14.9. The molecule has 1 aromatic rings. The molecule has 1 saturated carbocycles. The van der Waals surface area contributed by atoms with E-state index in [1.165, 1.54) is 25.7 Å². The molecule has 0 aromatic heterocycles. The molecule has 1 atom stereocenters. The summed E-state index contributed by atoms with van der Waals surface area (Å²) in [6, 6.07) is 8.94. The van der Waals surface area contributed by atoms with E-state index in [9.17, 15) is 0 Å². The first kappa shape index (κ1) is 14.7. The van der Waals surface area contributed by atoms with Crippen LogP contribution in [-0.2, 0) is 0 Å². The van der Waals surface area contributed by atoms with E-state index in [1.54, 1.807) is 0 Å². The van der Waals surface area contributed by atoms with Crippen molar-refractivity contribution in [2.45, 2.75) is 51.7 Å². The lowest BCUT2D eigenvalue weighted by molar-refractivity contribution is 0.0853. The van der Waals surface area contributed by atoms with Crippen LogP contribution in [0.1, 0.15) is 39.5 Å². The predicted octanol–water partition coefficient (Wildman–Crippen LogP) is 3.76. The molecule has 1 aliphatic heterocycles. The summed E-state index contributed by atoms with van der Waals surface area (Å²) in [5, 5.41) is 3.48. The van der Waals surface area contributed by atoms with E-state index < -0.39 is 0 Å². The van der Waals surface area contributed by atoms with Gasteiger partial charge in [-0.05, 0) is 50.3 Å². The highest BCUT2D eigenvalue weighted by molar-refractivity contribution is 5.57. The number of ether oxygens (including phenoxy) is 1. The predicted molar refractivity (Wildman–Crippen MR) is 88.0 cm³/mol. The van der Waals surface area contributed by atoms with Crippen molar-refractivity contribution in [3.63, 3.8) is 0 Å². The minimum Gasteiger partial charge on any atom is -0.485 e. The molecule has 1 N–H and O–H groups in total. The molecule has 0 amide bonds. The number of fused-ring (bicyclic) bond motifs is 1. The van der Waals surface area contributed by atoms with Crippen LogP contribution in [0.2, 0.25) is 0 Å². The molecule has 0 spiro atoms. The van der Waals surface area contributed by atoms with E-state index in [2.05, 4.69) is 43.2 Å². The van der Waals surface area contributed by atoms with Crippen LogP contribution in [0.4, 0.5) is 5.69 Å². The van der Waals surface area contributed by atoms with Gasteiger partial charge >= 0.3 is 0 Å². The van der Waals surface area contributed by atoms with Crippen molar-refractivity contribution in [2.24, 2.45) is 5.41 Å². The van der Waals surface area contributed by atoms with Gasteiger partial charge in [0.25, 0.3) is 0 Å². The highest BCUT2D eigenvalue weighted by atomic mass is 16.5. The number of nitrogens with one attached hydrogen (secondary N) is 1. The summed E-state index contributed by atoms with van der Waals surface area (Å²) in [7, 11) is 2.26. The number of likely N-dealkylation sites (N-methyl/N-ethyl adjacent to an activating group) is 1. The molecule has 1 unspecified atom stereocenters. The monoisotopic (exact) mass is 288 g/mol. The molecular weight excluding hydrogens is 260 g/mol. The van der Waals surface area contributed by atoms with Crippen LogP contribution in [0.15, 0.2) is 24.3 Å². The van der Waals surface area contributed by atoms with E-state index in [1.807, 2.05) is 12.1 Å². The summed E-state index contributed by atoms with van der Waals surface area (Å²) in [5.74, 6) is 0.993. The molecule has 116 valence electrons. The second-order valence-electron chi connectivity index (χ2n) is 7.45. The number of rotatable bonds is 3. The van der Waals surface area contributed by atoms with E-state index in [0.29, 0.717) is 5.41 Å². The minimum absolute atomic E-state index is 0.250. The van der Waals surface area contributed by atoms with Crippen molar-refractivity contribution < 1.29 is 4.74 Å². The summed E-state index contributed by atoms with van der Waals surface area (Å²) in [6.07, 6.45) is 5.57. The lowest BCUT2D eigenvalue weighted by Crippen LogP contribution is -2.45. The van der Waals surface area contributed by atoms with Crippen LogP contribution in [0.5, 0.6) is 5.75 Å². The van der Waals surface area contributed by atoms with Gasteiger partial charge in [-0.3, -0.25) is 4.90 Å². The summed E-state index contributed by atoms with van der Waals surface area (Å²) in [5.41, 5.74) is 1.66. The van der Waals surface area contributed by atoms with Crippen molar-refractivity contribution in [2.75, 3.05) is 25.5 Å². The zero-order valence-electron chi connectivity index (χ0n) is 13.6. The molecule has 1 aromatic carbocycles. The number of hydrogen-bond acceptors (Lipinski definition) is 3. The van der Waals surface area contributed by atoms with Crippen LogP contribution in [0, 0.1) is 5.41 Å². The zero-order valence-corrected chi connectivity index (χ0v) is 13.6. The van der Waals surface area contributed by atoms with Crippen LogP contribution < -0.4 is 10.1 Å². The minimum atomic E-state index is 0.250. The van der Waals surface area contributed by atoms with Crippen LogP contribution in [0.25, 0.3) is 0 Å². The molecule has 2 aliphatic rings. The molecule has 1 heterocycles. The Morgan fingerprint density at radius 1 is 1.24 bits per heavy atom. The van der Waals surface area contributed by atoms with Gasteiger partial charge in [0.1, 0.15) is 11.9 Å². The summed E-state index contributed by atoms with van der Waals surface area (Å²) in [6.45, 7) is 6.70. The van der Waals surface area contributed by atoms with Gasteiger partial charge in [0.15, 0.2) is 0 Å². The van der Waals surface area contributed by atoms with Gasteiger partial charge in [-0.2, -0.15) is 0 Å². The van der Waals surface area contributed by atoms with E-state index in [0.717, 1.165) is 30.6 Å². The van der Waals surface area contributed by atoms with Gasteiger partial charge in [0, 0.05) is 12.6 Å². The summed E-state index contributed by atoms with van der Waals surface area (Å²) >= 11 is 0. The molecular formula is C18H28N2O. The molecule has 0 bridgehead atoms.